The zero-order valence-corrected chi connectivity index (χ0v) is 27.9. The standard InChI is InChI=1S/C38H42N2O8/c1-5-45-33(41)21-47-37-27-13-23-9-7-11-25(35(23)43-3)15-29-19-32(40)20-30(38(29)48-22-34(42)46-6-2)16-26-12-8-10-24(36(26)44-4)14-28(37)18-31(39)17-27/h7-12,17-20H,5-6,13-16,21-22,39-40H2,1-4H3. The molecule has 4 N–H and O–H groups in total. The number of nitrogens with two attached hydrogens (primary N) is 2. The van der Waals surface area contributed by atoms with Crippen molar-refractivity contribution in [2.45, 2.75) is 39.5 Å². The fourth-order valence-corrected chi connectivity index (χ4v) is 6.30. The molecular weight excluding hydrogens is 612 g/mol. The van der Waals surface area contributed by atoms with Gasteiger partial charge < -0.3 is 39.9 Å². The van der Waals surface area contributed by atoms with Crippen LogP contribution in [0.4, 0.5) is 11.4 Å². The Balaban J connectivity index is 1.73. The van der Waals surface area contributed by atoms with Crippen molar-refractivity contribution in [3.8, 4) is 23.0 Å². The summed E-state index contributed by atoms with van der Waals surface area (Å²) in [5.74, 6) is 1.53. The molecule has 0 unspecified atom stereocenters. The summed E-state index contributed by atoms with van der Waals surface area (Å²) in [6, 6.07) is 19.3. The van der Waals surface area contributed by atoms with Crippen molar-refractivity contribution in [3.63, 3.8) is 0 Å². The maximum atomic E-state index is 12.4. The average molecular weight is 655 g/mol. The van der Waals surface area contributed by atoms with Gasteiger partial charge >= 0.3 is 11.9 Å². The van der Waals surface area contributed by atoms with E-state index in [1.165, 1.54) is 0 Å². The molecule has 0 aromatic heterocycles. The van der Waals surface area contributed by atoms with Crippen molar-refractivity contribution in [3.05, 3.63) is 105 Å². The van der Waals surface area contributed by atoms with Gasteiger partial charge in [0.1, 0.15) is 23.0 Å². The van der Waals surface area contributed by atoms with Crippen LogP contribution < -0.4 is 30.4 Å². The van der Waals surface area contributed by atoms with Crippen LogP contribution in [0.3, 0.4) is 0 Å². The second kappa shape index (κ2) is 15.5. The number of anilines is 2. The molecule has 0 radical (unpaired) electrons. The number of nitrogen functional groups attached to an aromatic ring is 2. The minimum Gasteiger partial charge on any atom is -0.496 e. The Morgan fingerprint density at radius 3 is 1.12 bits per heavy atom. The molecule has 0 amide bonds. The lowest BCUT2D eigenvalue weighted by atomic mass is 9.91. The van der Waals surface area contributed by atoms with Gasteiger partial charge in [-0.2, -0.15) is 0 Å². The van der Waals surface area contributed by atoms with Crippen LogP contribution in [0.25, 0.3) is 0 Å². The van der Waals surface area contributed by atoms with E-state index >= 15 is 0 Å². The van der Waals surface area contributed by atoms with E-state index < -0.39 is 11.9 Å². The van der Waals surface area contributed by atoms with Crippen LogP contribution in [0, 0.1) is 0 Å². The molecule has 0 saturated carbocycles. The van der Waals surface area contributed by atoms with E-state index in [0.29, 0.717) is 60.1 Å². The number of para-hydroxylation sites is 2. The van der Waals surface area contributed by atoms with Gasteiger partial charge in [-0.1, -0.05) is 36.4 Å². The molecule has 252 valence electrons. The number of rotatable bonds is 10. The Kier molecular flexibility index (Phi) is 10.9. The first-order chi connectivity index (χ1) is 23.2. The third kappa shape index (κ3) is 7.76. The summed E-state index contributed by atoms with van der Waals surface area (Å²) in [7, 11) is 3.26. The summed E-state index contributed by atoms with van der Waals surface area (Å²) in [4.78, 5) is 24.8. The highest BCUT2D eigenvalue weighted by molar-refractivity contribution is 5.72. The molecule has 1 aliphatic carbocycles. The number of carbonyl (C=O) groups is 2. The van der Waals surface area contributed by atoms with E-state index in [1.54, 1.807) is 28.1 Å². The Morgan fingerprint density at radius 2 is 0.854 bits per heavy atom. The minimum atomic E-state index is -0.464. The monoisotopic (exact) mass is 654 g/mol. The van der Waals surface area contributed by atoms with Crippen molar-refractivity contribution in [2.24, 2.45) is 0 Å². The molecule has 48 heavy (non-hydrogen) atoms. The molecule has 1 aliphatic rings. The first-order valence-electron chi connectivity index (χ1n) is 15.9. The van der Waals surface area contributed by atoms with E-state index in [1.807, 2.05) is 60.7 Å². The second-order valence-electron chi connectivity index (χ2n) is 11.5. The largest absolute Gasteiger partial charge is 0.496 e. The maximum absolute atomic E-state index is 12.4. The van der Waals surface area contributed by atoms with Gasteiger partial charge in [-0.05, 0) is 60.4 Å². The molecular formula is C38H42N2O8. The Hall–Kier alpha value is -5.38. The molecule has 10 heteroatoms. The van der Waals surface area contributed by atoms with Gasteiger partial charge in [0.25, 0.3) is 0 Å². The molecule has 0 fully saturated rings. The first kappa shape index (κ1) is 34.0. The van der Waals surface area contributed by atoms with Crippen LogP contribution in [0.2, 0.25) is 0 Å². The zero-order valence-electron chi connectivity index (χ0n) is 27.9. The van der Waals surface area contributed by atoms with Crippen molar-refractivity contribution in [1.82, 2.24) is 0 Å². The van der Waals surface area contributed by atoms with Gasteiger partial charge in [-0.25, -0.2) is 9.59 Å². The number of fused-ring (bicyclic) bond motifs is 8. The molecule has 4 aromatic carbocycles. The molecule has 0 atom stereocenters. The summed E-state index contributed by atoms with van der Waals surface area (Å²) in [5.41, 5.74) is 20.8. The number of benzene rings is 4. The fraction of sp³-hybridized carbons (Fsp3) is 0.316. The van der Waals surface area contributed by atoms with E-state index in [2.05, 4.69) is 0 Å². The lowest BCUT2D eigenvalue weighted by Gasteiger charge is -2.22. The maximum Gasteiger partial charge on any atom is 0.344 e. The summed E-state index contributed by atoms with van der Waals surface area (Å²) < 4.78 is 34.8. The SMILES string of the molecule is CCOC(=O)COc1c2cc(N)cc1Cc1cccc(c1OC)Cc1cc(N)cc(c1OCC(=O)OCC)Cc1cccc(c1OC)C2. The highest BCUT2D eigenvalue weighted by atomic mass is 16.6. The average Bonchev–Trinajstić information content (AvgIpc) is 3.04. The number of esters is 2. The Bertz CT molecular complexity index is 1580. The topological polar surface area (TPSA) is 142 Å². The molecule has 5 rings (SSSR count). The predicted molar refractivity (Wildman–Crippen MR) is 183 cm³/mol. The molecule has 0 saturated heterocycles. The van der Waals surface area contributed by atoms with Crippen LogP contribution in [0.1, 0.15) is 58.4 Å². The smallest absolute Gasteiger partial charge is 0.344 e. The minimum absolute atomic E-state index is 0.251. The van der Waals surface area contributed by atoms with E-state index in [9.17, 15) is 9.59 Å². The third-order valence-electron chi connectivity index (χ3n) is 8.10. The normalized spacial score (nSPS) is 12.1. The van der Waals surface area contributed by atoms with E-state index in [4.69, 9.17) is 39.9 Å². The number of carbonyl (C=O) groups excluding carboxylic acids is 2. The van der Waals surface area contributed by atoms with Crippen LogP contribution in [-0.2, 0) is 44.7 Å². The molecule has 10 nitrogen and oxygen atoms in total. The van der Waals surface area contributed by atoms with Crippen LogP contribution in [0.5, 0.6) is 23.0 Å². The van der Waals surface area contributed by atoms with Gasteiger partial charge in [0.15, 0.2) is 13.2 Å². The highest BCUT2D eigenvalue weighted by Crippen LogP contribution is 2.40. The number of hydrogen-bond acceptors (Lipinski definition) is 10. The summed E-state index contributed by atoms with van der Waals surface area (Å²) in [6.07, 6.45) is 1.61. The zero-order chi connectivity index (χ0) is 34.2. The Morgan fingerprint density at radius 1 is 0.542 bits per heavy atom. The van der Waals surface area contributed by atoms with Crippen molar-refractivity contribution >= 4 is 23.3 Å². The van der Waals surface area contributed by atoms with Gasteiger partial charge in [0.2, 0.25) is 0 Å². The lowest BCUT2D eigenvalue weighted by molar-refractivity contribution is -0.146. The van der Waals surface area contributed by atoms with Gasteiger partial charge in [0.05, 0.1) is 27.4 Å². The predicted octanol–water partition coefficient (Wildman–Crippen LogP) is 5.43. The number of ether oxygens (including phenoxy) is 6. The summed E-state index contributed by atoms with van der Waals surface area (Å²) >= 11 is 0. The van der Waals surface area contributed by atoms with Crippen molar-refractivity contribution in [1.29, 1.82) is 0 Å². The van der Waals surface area contributed by atoms with Gasteiger partial charge in [-0.3, -0.25) is 0 Å². The van der Waals surface area contributed by atoms with Crippen molar-refractivity contribution in [2.75, 3.05) is 52.1 Å². The molecule has 0 heterocycles. The quantitative estimate of drug-likeness (QED) is 0.148. The molecule has 0 aliphatic heterocycles. The highest BCUT2D eigenvalue weighted by Gasteiger charge is 2.23. The third-order valence-corrected chi connectivity index (χ3v) is 8.10. The summed E-state index contributed by atoms with van der Waals surface area (Å²) in [5, 5.41) is 0. The van der Waals surface area contributed by atoms with Crippen LogP contribution in [0.15, 0.2) is 60.7 Å². The van der Waals surface area contributed by atoms with Gasteiger partial charge in [-0.15, -0.1) is 0 Å². The fourth-order valence-electron chi connectivity index (χ4n) is 6.30. The number of methoxy groups -OCH3 is 2. The summed E-state index contributed by atoms with van der Waals surface area (Å²) in [6.45, 7) is 3.51. The molecule has 8 bridgehead atoms. The van der Waals surface area contributed by atoms with Gasteiger partial charge in [0, 0.05) is 59.3 Å². The van der Waals surface area contributed by atoms with Crippen molar-refractivity contribution < 1.29 is 38.0 Å². The van der Waals surface area contributed by atoms with Crippen LogP contribution >= 0.6 is 0 Å². The molecule has 4 aromatic rings. The lowest BCUT2D eigenvalue weighted by Crippen LogP contribution is -2.17. The van der Waals surface area contributed by atoms with E-state index in [0.717, 1.165) is 44.5 Å². The van der Waals surface area contributed by atoms with Crippen LogP contribution in [-0.4, -0.2) is 52.6 Å². The van der Waals surface area contributed by atoms with E-state index in [-0.39, 0.29) is 26.4 Å². The number of hydrogen-bond donors (Lipinski definition) is 2. The molecule has 0 spiro atoms. The Labute approximate surface area is 280 Å². The first-order valence-corrected chi connectivity index (χ1v) is 15.9. The second-order valence-corrected chi connectivity index (χ2v) is 11.5.